The first-order valence-corrected chi connectivity index (χ1v) is 7.23. The zero-order valence-electron chi connectivity index (χ0n) is 10.1. The number of rotatable bonds is 3. The molecule has 0 fully saturated rings. The Morgan fingerprint density at radius 2 is 1.74 bits per heavy atom. The van der Waals surface area contributed by atoms with Crippen LogP contribution in [0.1, 0.15) is 17.2 Å². The Hall–Kier alpha value is -1.39. The second kappa shape index (κ2) is 5.31. The monoisotopic (exact) mass is 288 g/mol. The van der Waals surface area contributed by atoms with Crippen molar-refractivity contribution in [3.63, 3.8) is 0 Å². The van der Waals surface area contributed by atoms with E-state index in [0.717, 1.165) is 16.1 Å². The Bertz CT molecular complexity index is 708. The molecule has 0 aliphatic heterocycles. The minimum atomic E-state index is -0.0927. The highest BCUT2D eigenvalue weighted by Crippen LogP contribution is 2.35. The molecule has 19 heavy (non-hydrogen) atoms. The van der Waals surface area contributed by atoms with E-state index in [2.05, 4.69) is 22.9 Å². The van der Waals surface area contributed by atoms with E-state index >= 15 is 0 Å². The lowest BCUT2D eigenvalue weighted by Gasteiger charge is -2.17. The average molecular weight is 289 g/mol. The van der Waals surface area contributed by atoms with E-state index in [1.54, 1.807) is 11.3 Å². The second-order valence-corrected chi connectivity index (χ2v) is 5.63. The topological polar surface area (TPSA) is 38.0 Å². The molecule has 2 nitrogen and oxygen atoms in total. The molecule has 1 heterocycles. The summed E-state index contributed by atoms with van der Waals surface area (Å²) < 4.78 is 1.25. The van der Waals surface area contributed by atoms with Crippen molar-refractivity contribution in [2.45, 2.75) is 6.04 Å². The maximum atomic E-state index is 6.27. The predicted molar refractivity (Wildman–Crippen MR) is 82.4 cm³/mol. The number of thiophene rings is 1. The average Bonchev–Trinajstić information content (AvgIpc) is 2.86. The van der Waals surface area contributed by atoms with E-state index in [4.69, 9.17) is 17.4 Å². The highest BCUT2D eigenvalue weighted by molar-refractivity contribution is 7.17. The highest BCUT2D eigenvalue weighted by Gasteiger charge is 2.18. The minimum Gasteiger partial charge on any atom is -0.271 e. The van der Waals surface area contributed by atoms with Gasteiger partial charge in [0.2, 0.25) is 0 Å². The molecule has 3 rings (SSSR count). The van der Waals surface area contributed by atoms with Gasteiger partial charge in [-0.2, -0.15) is 0 Å². The molecule has 0 amide bonds. The lowest BCUT2D eigenvalue weighted by Crippen LogP contribution is -2.28. The second-order valence-electron chi connectivity index (χ2n) is 4.31. The molecule has 0 aliphatic carbocycles. The van der Waals surface area contributed by atoms with Crippen molar-refractivity contribution in [3.8, 4) is 0 Å². The van der Waals surface area contributed by atoms with Crippen molar-refractivity contribution in [1.29, 1.82) is 0 Å². The summed E-state index contributed by atoms with van der Waals surface area (Å²) in [5, 5.41) is 4.08. The van der Waals surface area contributed by atoms with Crippen LogP contribution in [-0.2, 0) is 0 Å². The Kier molecular flexibility index (Phi) is 3.53. The number of hydrogen-bond acceptors (Lipinski definition) is 3. The third-order valence-corrected chi connectivity index (χ3v) is 4.53. The van der Waals surface area contributed by atoms with Gasteiger partial charge in [0.05, 0.1) is 6.04 Å². The van der Waals surface area contributed by atoms with E-state index < -0.39 is 0 Å². The quantitative estimate of drug-likeness (QED) is 0.562. The van der Waals surface area contributed by atoms with Crippen molar-refractivity contribution >= 4 is 33.0 Å². The summed E-state index contributed by atoms with van der Waals surface area (Å²) in [7, 11) is 0. The molecular weight excluding hydrogens is 276 g/mol. The van der Waals surface area contributed by atoms with Crippen LogP contribution < -0.4 is 11.3 Å². The van der Waals surface area contributed by atoms with Gasteiger partial charge in [0.15, 0.2) is 0 Å². The third kappa shape index (κ3) is 2.26. The van der Waals surface area contributed by atoms with Gasteiger partial charge in [-0.25, -0.2) is 5.43 Å². The van der Waals surface area contributed by atoms with Gasteiger partial charge in [-0.3, -0.25) is 5.84 Å². The third-order valence-electron chi connectivity index (χ3n) is 3.20. The largest absolute Gasteiger partial charge is 0.271 e. The van der Waals surface area contributed by atoms with Crippen LogP contribution in [0.15, 0.2) is 53.9 Å². The van der Waals surface area contributed by atoms with E-state index in [1.165, 1.54) is 10.1 Å². The molecule has 4 heteroatoms. The molecule has 1 atom stereocenters. The van der Waals surface area contributed by atoms with Crippen LogP contribution in [0.4, 0.5) is 0 Å². The fraction of sp³-hybridized carbons (Fsp3) is 0.0667. The number of halogens is 1. The summed E-state index contributed by atoms with van der Waals surface area (Å²) in [5.41, 5.74) is 5.03. The molecule has 96 valence electrons. The molecular formula is C15H13ClN2S. The fourth-order valence-electron chi connectivity index (χ4n) is 2.28. The number of hydrazine groups is 1. The van der Waals surface area contributed by atoms with Gasteiger partial charge in [0.25, 0.3) is 0 Å². The first-order valence-electron chi connectivity index (χ1n) is 5.98. The number of hydrogen-bond donors (Lipinski definition) is 2. The van der Waals surface area contributed by atoms with Gasteiger partial charge in [0, 0.05) is 9.72 Å². The molecule has 0 bridgehead atoms. The van der Waals surface area contributed by atoms with Crippen LogP contribution in [0.2, 0.25) is 5.02 Å². The standard InChI is InChI=1S/C15H13ClN2S/c16-13-7-3-1-6-11(13)15(18-17)12-9-19-14-8-4-2-5-10(12)14/h1-9,15,18H,17H2. The van der Waals surface area contributed by atoms with Gasteiger partial charge in [-0.15, -0.1) is 11.3 Å². The van der Waals surface area contributed by atoms with E-state index in [1.807, 2.05) is 36.4 Å². The van der Waals surface area contributed by atoms with Crippen LogP contribution in [0.25, 0.3) is 10.1 Å². The van der Waals surface area contributed by atoms with Crippen LogP contribution in [-0.4, -0.2) is 0 Å². The number of benzene rings is 2. The first-order chi connectivity index (χ1) is 9.31. The van der Waals surface area contributed by atoms with Crippen molar-refractivity contribution in [2.24, 2.45) is 5.84 Å². The summed E-state index contributed by atoms with van der Waals surface area (Å²) in [6.45, 7) is 0. The molecule has 1 aromatic heterocycles. The van der Waals surface area contributed by atoms with Crippen molar-refractivity contribution in [1.82, 2.24) is 5.43 Å². The Morgan fingerprint density at radius 3 is 2.53 bits per heavy atom. The summed E-state index contributed by atoms with van der Waals surface area (Å²) in [4.78, 5) is 0. The molecule has 0 spiro atoms. The fourth-order valence-corrected chi connectivity index (χ4v) is 3.51. The van der Waals surface area contributed by atoms with Crippen LogP contribution in [0.3, 0.4) is 0 Å². The lowest BCUT2D eigenvalue weighted by atomic mass is 9.99. The van der Waals surface area contributed by atoms with Gasteiger partial charge in [-0.05, 0) is 34.0 Å². The molecule has 2 aromatic carbocycles. The smallest absolute Gasteiger partial charge is 0.0738 e. The van der Waals surface area contributed by atoms with Gasteiger partial charge in [-0.1, -0.05) is 48.0 Å². The number of fused-ring (bicyclic) bond motifs is 1. The molecule has 1 unspecified atom stereocenters. The summed E-state index contributed by atoms with van der Waals surface area (Å²) >= 11 is 7.99. The van der Waals surface area contributed by atoms with Crippen molar-refractivity contribution < 1.29 is 0 Å². The maximum Gasteiger partial charge on any atom is 0.0738 e. The number of nitrogens with one attached hydrogen (secondary N) is 1. The van der Waals surface area contributed by atoms with E-state index in [0.29, 0.717) is 0 Å². The van der Waals surface area contributed by atoms with E-state index in [-0.39, 0.29) is 6.04 Å². The number of nitrogens with two attached hydrogens (primary N) is 1. The molecule has 3 N–H and O–H groups in total. The Labute approximate surface area is 120 Å². The summed E-state index contributed by atoms with van der Waals surface area (Å²) in [5.74, 6) is 5.75. The zero-order valence-corrected chi connectivity index (χ0v) is 11.7. The van der Waals surface area contributed by atoms with E-state index in [9.17, 15) is 0 Å². The van der Waals surface area contributed by atoms with Crippen molar-refractivity contribution in [3.05, 3.63) is 70.1 Å². The SMILES string of the molecule is NNC(c1ccccc1Cl)c1csc2ccccc12. The van der Waals surface area contributed by atoms with Crippen LogP contribution >= 0.6 is 22.9 Å². The summed E-state index contributed by atoms with van der Waals surface area (Å²) in [6.07, 6.45) is 0. The Balaban J connectivity index is 2.15. The zero-order chi connectivity index (χ0) is 13.2. The van der Waals surface area contributed by atoms with Gasteiger partial charge < -0.3 is 0 Å². The minimum absolute atomic E-state index is 0.0927. The van der Waals surface area contributed by atoms with Crippen molar-refractivity contribution in [2.75, 3.05) is 0 Å². The molecule has 0 saturated carbocycles. The van der Waals surface area contributed by atoms with Crippen LogP contribution in [0, 0.1) is 0 Å². The van der Waals surface area contributed by atoms with Gasteiger partial charge in [0.1, 0.15) is 0 Å². The Morgan fingerprint density at radius 1 is 1.00 bits per heavy atom. The molecule has 0 saturated heterocycles. The molecule has 0 aliphatic rings. The van der Waals surface area contributed by atoms with Crippen LogP contribution in [0.5, 0.6) is 0 Å². The lowest BCUT2D eigenvalue weighted by molar-refractivity contribution is 0.642. The normalized spacial score (nSPS) is 12.7. The summed E-state index contributed by atoms with van der Waals surface area (Å²) in [6, 6.07) is 16.0. The van der Waals surface area contributed by atoms with Gasteiger partial charge >= 0.3 is 0 Å². The predicted octanol–water partition coefficient (Wildman–Crippen LogP) is 4.11. The molecule has 3 aromatic rings. The molecule has 0 radical (unpaired) electrons. The highest BCUT2D eigenvalue weighted by atomic mass is 35.5. The maximum absolute atomic E-state index is 6.27. The first kappa shape index (κ1) is 12.6.